The van der Waals surface area contributed by atoms with Gasteiger partial charge < -0.3 is 9.84 Å². The summed E-state index contributed by atoms with van der Waals surface area (Å²) in [5.74, 6) is -0.275. The quantitative estimate of drug-likeness (QED) is 0.758. The van der Waals surface area contributed by atoms with Crippen LogP contribution in [0, 0.1) is 13.8 Å². The number of carbonyl (C=O) groups excluding carboxylic acids is 1. The molecule has 82 valence electrons. The molecule has 0 spiro atoms. The Kier molecular flexibility index (Phi) is 3.35. The molecule has 3 nitrogen and oxygen atoms in total. The fraction of sp³-hybridized carbons (Fsp3) is 0.417. The molecule has 1 rings (SSSR count). The fourth-order valence-electron chi connectivity index (χ4n) is 1.55. The van der Waals surface area contributed by atoms with E-state index in [2.05, 4.69) is 4.74 Å². The van der Waals surface area contributed by atoms with Crippen molar-refractivity contribution in [2.45, 2.75) is 26.7 Å². The molecule has 1 aromatic carbocycles. The number of carbonyl (C=O) groups is 1. The molecular weight excluding hydrogens is 192 g/mol. The van der Waals surface area contributed by atoms with Crippen molar-refractivity contribution in [2.75, 3.05) is 7.11 Å². The first-order valence-corrected chi connectivity index (χ1v) is 4.85. The molecule has 0 amide bonds. The molecule has 0 aromatic heterocycles. The monoisotopic (exact) mass is 208 g/mol. The van der Waals surface area contributed by atoms with Gasteiger partial charge in [-0.3, -0.25) is 4.79 Å². The average molecular weight is 208 g/mol. The van der Waals surface area contributed by atoms with Crippen LogP contribution in [0.1, 0.15) is 29.5 Å². The van der Waals surface area contributed by atoms with E-state index in [-0.39, 0.29) is 17.6 Å². The van der Waals surface area contributed by atoms with E-state index in [1.807, 2.05) is 26.0 Å². The zero-order valence-corrected chi connectivity index (χ0v) is 9.50. The second kappa shape index (κ2) is 4.34. The topological polar surface area (TPSA) is 46.5 Å². The van der Waals surface area contributed by atoms with Gasteiger partial charge in [-0.15, -0.1) is 0 Å². The Morgan fingerprint density at radius 3 is 2.20 bits per heavy atom. The van der Waals surface area contributed by atoms with Crippen molar-refractivity contribution in [3.63, 3.8) is 0 Å². The molecular formula is C12H16O3. The maximum absolute atomic E-state index is 11.3. The van der Waals surface area contributed by atoms with Crippen LogP contribution in [0.15, 0.2) is 12.1 Å². The summed E-state index contributed by atoms with van der Waals surface area (Å²) in [5, 5.41) is 9.59. The Labute approximate surface area is 89.7 Å². The summed E-state index contributed by atoms with van der Waals surface area (Å²) in [4.78, 5) is 11.3. The molecule has 1 N–H and O–H groups in total. The number of aromatic hydroxyl groups is 1. The molecule has 15 heavy (non-hydrogen) atoms. The molecule has 1 aromatic rings. The highest BCUT2D eigenvalue weighted by molar-refractivity contribution is 5.77. The number of aryl methyl sites for hydroxylation is 2. The van der Waals surface area contributed by atoms with Crippen LogP contribution in [-0.2, 0) is 9.53 Å². The lowest BCUT2D eigenvalue weighted by atomic mass is 9.96. The number of hydrogen-bond donors (Lipinski definition) is 1. The van der Waals surface area contributed by atoms with Gasteiger partial charge in [0, 0.05) is 0 Å². The highest BCUT2D eigenvalue weighted by atomic mass is 16.5. The minimum atomic E-state index is -0.298. The maximum atomic E-state index is 11.3. The van der Waals surface area contributed by atoms with Gasteiger partial charge in [-0.05, 0) is 37.5 Å². The summed E-state index contributed by atoms with van der Waals surface area (Å²) in [6.07, 6.45) is 0. The number of hydrogen-bond acceptors (Lipinski definition) is 3. The van der Waals surface area contributed by atoms with Crippen molar-refractivity contribution in [1.82, 2.24) is 0 Å². The number of rotatable bonds is 2. The lowest BCUT2D eigenvalue weighted by molar-refractivity contribution is -0.141. The smallest absolute Gasteiger partial charge is 0.312 e. The summed E-state index contributed by atoms with van der Waals surface area (Å²) >= 11 is 0. The van der Waals surface area contributed by atoms with E-state index in [1.54, 1.807) is 6.92 Å². The minimum Gasteiger partial charge on any atom is -0.507 e. The standard InChI is InChI=1S/C12H16O3/c1-7-5-10(6-8(2)11(7)13)9(3)12(14)15-4/h5-6,9,13H,1-4H3. The fourth-order valence-corrected chi connectivity index (χ4v) is 1.55. The number of benzene rings is 1. The first-order chi connectivity index (χ1) is 6.97. The van der Waals surface area contributed by atoms with Crippen molar-refractivity contribution < 1.29 is 14.6 Å². The third kappa shape index (κ3) is 2.29. The Morgan fingerprint density at radius 2 is 1.80 bits per heavy atom. The lowest BCUT2D eigenvalue weighted by Crippen LogP contribution is -2.11. The van der Waals surface area contributed by atoms with Gasteiger partial charge >= 0.3 is 5.97 Å². The first kappa shape index (κ1) is 11.6. The number of methoxy groups -OCH3 is 1. The minimum absolute atomic E-state index is 0.264. The largest absolute Gasteiger partial charge is 0.507 e. The van der Waals surface area contributed by atoms with Crippen LogP contribution in [0.5, 0.6) is 5.75 Å². The second-order valence-corrected chi connectivity index (χ2v) is 3.75. The van der Waals surface area contributed by atoms with Crippen LogP contribution < -0.4 is 0 Å². The molecule has 1 atom stereocenters. The summed E-state index contributed by atoms with van der Waals surface area (Å²) in [7, 11) is 1.37. The van der Waals surface area contributed by atoms with Crippen LogP contribution in [0.4, 0.5) is 0 Å². The predicted molar refractivity (Wildman–Crippen MR) is 58.0 cm³/mol. The molecule has 0 radical (unpaired) electrons. The van der Waals surface area contributed by atoms with Crippen LogP contribution in [0.2, 0.25) is 0 Å². The van der Waals surface area contributed by atoms with E-state index in [1.165, 1.54) is 7.11 Å². The van der Waals surface area contributed by atoms with E-state index in [9.17, 15) is 9.90 Å². The molecule has 0 bridgehead atoms. The highest BCUT2D eigenvalue weighted by Gasteiger charge is 2.17. The van der Waals surface area contributed by atoms with Crippen molar-refractivity contribution in [3.8, 4) is 5.75 Å². The van der Waals surface area contributed by atoms with Gasteiger partial charge in [0.1, 0.15) is 5.75 Å². The van der Waals surface area contributed by atoms with Crippen molar-refractivity contribution in [2.24, 2.45) is 0 Å². The van der Waals surface area contributed by atoms with Gasteiger partial charge in [0.15, 0.2) is 0 Å². The summed E-state index contributed by atoms with van der Waals surface area (Å²) in [6.45, 7) is 5.42. The molecule has 0 aliphatic heterocycles. The van der Waals surface area contributed by atoms with Crippen LogP contribution in [0.25, 0.3) is 0 Å². The molecule has 0 heterocycles. The molecule has 0 saturated heterocycles. The van der Waals surface area contributed by atoms with Gasteiger partial charge in [-0.1, -0.05) is 12.1 Å². The van der Waals surface area contributed by atoms with E-state index in [0.717, 1.165) is 16.7 Å². The Bertz CT molecular complexity index is 359. The zero-order chi connectivity index (χ0) is 11.6. The van der Waals surface area contributed by atoms with E-state index < -0.39 is 0 Å². The summed E-state index contributed by atoms with van der Waals surface area (Å²) in [6, 6.07) is 3.62. The number of esters is 1. The van der Waals surface area contributed by atoms with Gasteiger partial charge in [-0.2, -0.15) is 0 Å². The molecule has 0 aliphatic carbocycles. The third-order valence-corrected chi connectivity index (χ3v) is 2.57. The summed E-state index contributed by atoms with van der Waals surface area (Å²) < 4.78 is 4.67. The molecule has 1 unspecified atom stereocenters. The van der Waals surface area contributed by atoms with Crippen LogP contribution in [0.3, 0.4) is 0 Å². The lowest BCUT2D eigenvalue weighted by Gasteiger charge is -2.12. The molecule has 0 aliphatic rings. The van der Waals surface area contributed by atoms with E-state index in [0.29, 0.717) is 0 Å². The average Bonchev–Trinajstić information content (AvgIpc) is 2.23. The Morgan fingerprint density at radius 1 is 1.33 bits per heavy atom. The summed E-state index contributed by atoms with van der Waals surface area (Å²) in [5.41, 5.74) is 2.43. The van der Waals surface area contributed by atoms with Gasteiger partial charge in [-0.25, -0.2) is 0 Å². The van der Waals surface area contributed by atoms with E-state index >= 15 is 0 Å². The second-order valence-electron chi connectivity index (χ2n) is 3.75. The molecule has 3 heteroatoms. The molecule has 0 fully saturated rings. The van der Waals surface area contributed by atoms with Crippen molar-refractivity contribution in [3.05, 3.63) is 28.8 Å². The van der Waals surface area contributed by atoms with E-state index in [4.69, 9.17) is 0 Å². The van der Waals surface area contributed by atoms with Crippen molar-refractivity contribution in [1.29, 1.82) is 0 Å². The maximum Gasteiger partial charge on any atom is 0.312 e. The normalized spacial score (nSPS) is 12.3. The Hall–Kier alpha value is -1.51. The predicted octanol–water partition coefficient (Wildman–Crippen LogP) is 2.29. The number of phenolic OH excluding ortho intramolecular Hbond substituents is 1. The molecule has 0 saturated carbocycles. The first-order valence-electron chi connectivity index (χ1n) is 4.85. The highest BCUT2D eigenvalue weighted by Crippen LogP contribution is 2.27. The van der Waals surface area contributed by atoms with Gasteiger partial charge in [0.05, 0.1) is 13.0 Å². The Balaban J connectivity index is 3.11. The zero-order valence-electron chi connectivity index (χ0n) is 9.50. The number of ether oxygens (including phenoxy) is 1. The van der Waals surface area contributed by atoms with Crippen LogP contribution in [-0.4, -0.2) is 18.2 Å². The SMILES string of the molecule is COC(=O)C(C)c1cc(C)c(O)c(C)c1. The van der Waals surface area contributed by atoms with Gasteiger partial charge in [0.25, 0.3) is 0 Å². The van der Waals surface area contributed by atoms with Crippen molar-refractivity contribution >= 4 is 5.97 Å². The third-order valence-electron chi connectivity index (χ3n) is 2.57. The van der Waals surface area contributed by atoms with Crippen LogP contribution >= 0.6 is 0 Å². The number of phenols is 1. The van der Waals surface area contributed by atoms with Gasteiger partial charge in [0.2, 0.25) is 0 Å².